The first-order valence-corrected chi connectivity index (χ1v) is 10.7. The van der Waals surface area contributed by atoms with Gasteiger partial charge in [-0.05, 0) is 30.7 Å². The Kier molecular flexibility index (Phi) is 4.62. The van der Waals surface area contributed by atoms with Gasteiger partial charge >= 0.3 is 0 Å². The molecule has 0 saturated carbocycles. The van der Waals surface area contributed by atoms with Gasteiger partial charge in [-0.3, -0.25) is 4.79 Å². The van der Waals surface area contributed by atoms with E-state index in [0.29, 0.717) is 4.96 Å². The first-order chi connectivity index (χ1) is 13.6. The SMILES string of the molecule is Cc1cc(=O)n2nc(C[NH+]3CC[NH+](Cc4ccc5c(c4)CCO5)CC3)sc2n1. The number of benzene rings is 1. The molecular formula is C20H25N5O2S+2. The maximum Gasteiger partial charge on any atom is 0.275 e. The molecule has 0 atom stereocenters. The number of ether oxygens (including phenoxy) is 1. The molecule has 2 aliphatic rings. The minimum absolute atomic E-state index is 0.0889. The van der Waals surface area contributed by atoms with Gasteiger partial charge in [-0.15, -0.1) is 0 Å². The molecule has 5 rings (SSSR count). The Morgan fingerprint density at radius 1 is 1.14 bits per heavy atom. The van der Waals surface area contributed by atoms with Crippen LogP contribution in [0.3, 0.4) is 0 Å². The number of hydrogen-bond donors (Lipinski definition) is 2. The first-order valence-electron chi connectivity index (χ1n) is 9.92. The van der Waals surface area contributed by atoms with Crippen molar-refractivity contribution in [3.63, 3.8) is 0 Å². The molecule has 0 radical (unpaired) electrons. The fraction of sp³-hybridized carbons (Fsp3) is 0.450. The van der Waals surface area contributed by atoms with Gasteiger partial charge < -0.3 is 14.5 Å². The Hall–Kier alpha value is -2.29. The van der Waals surface area contributed by atoms with Crippen LogP contribution in [0.1, 0.15) is 21.8 Å². The molecule has 146 valence electrons. The Morgan fingerprint density at radius 2 is 1.93 bits per heavy atom. The summed E-state index contributed by atoms with van der Waals surface area (Å²) >= 11 is 1.54. The number of aryl methyl sites for hydroxylation is 1. The number of nitrogens with one attached hydrogen (secondary N) is 2. The van der Waals surface area contributed by atoms with Gasteiger partial charge in [0.25, 0.3) is 5.56 Å². The zero-order valence-electron chi connectivity index (χ0n) is 16.0. The van der Waals surface area contributed by atoms with Gasteiger partial charge in [-0.1, -0.05) is 11.3 Å². The predicted octanol–water partition coefficient (Wildman–Crippen LogP) is -1.12. The van der Waals surface area contributed by atoms with E-state index in [0.717, 1.165) is 68.7 Å². The van der Waals surface area contributed by atoms with Gasteiger partial charge in [-0.2, -0.15) is 9.61 Å². The van der Waals surface area contributed by atoms with Crippen LogP contribution < -0.4 is 20.1 Å². The van der Waals surface area contributed by atoms with Crippen LogP contribution in [0.25, 0.3) is 4.96 Å². The zero-order chi connectivity index (χ0) is 19.1. The standard InChI is InChI=1S/C20H23N5O2S/c1-14-10-19(26)25-20(21-14)28-18(22-25)13-24-7-5-23(6-8-24)12-15-2-3-17-16(11-15)4-9-27-17/h2-3,10-11H,4-9,12-13H2,1H3/p+2. The van der Waals surface area contributed by atoms with Crippen molar-refractivity contribution in [2.24, 2.45) is 0 Å². The van der Waals surface area contributed by atoms with Gasteiger partial charge in [-0.25, -0.2) is 4.98 Å². The molecule has 0 bridgehead atoms. The molecule has 0 unspecified atom stereocenters. The van der Waals surface area contributed by atoms with Crippen molar-refractivity contribution in [1.82, 2.24) is 14.6 Å². The number of rotatable bonds is 4. The van der Waals surface area contributed by atoms with Gasteiger partial charge in [0, 0.05) is 23.7 Å². The number of hydrogen-bond acceptors (Lipinski definition) is 5. The molecule has 0 spiro atoms. The quantitative estimate of drug-likeness (QED) is 0.583. The summed E-state index contributed by atoms with van der Waals surface area (Å²) in [7, 11) is 0. The normalized spacial score (nSPS) is 21.6. The highest BCUT2D eigenvalue weighted by Gasteiger charge is 2.25. The molecule has 1 saturated heterocycles. The monoisotopic (exact) mass is 399 g/mol. The molecule has 3 aromatic rings. The zero-order valence-corrected chi connectivity index (χ0v) is 16.8. The second-order valence-electron chi connectivity index (χ2n) is 7.82. The molecule has 1 aromatic carbocycles. The van der Waals surface area contributed by atoms with Crippen LogP contribution in [0.5, 0.6) is 5.75 Å². The highest BCUT2D eigenvalue weighted by molar-refractivity contribution is 7.16. The molecule has 2 aliphatic heterocycles. The molecule has 7 nitrogen and oxygen atoms in total. The fourth-order valence-corrected chi connectivity index (χ4v) is 5.21. The van der Waals surface area contributed by atoms with Crippen LogP contribution >= 0.6 is 11.3 Å². The van der Waals surface area contributed by atoms with Gasteiger partial charge in [0.05, 0.1) is 6.61 Å². The number of piperazine rings is 1. The average Bonchev–Trinajstić information content (AvgIpc) is 3.29. The van der Waals surface area contributed by atoms with Crippen LogP contribution in [0.2, 0.25) is 0 Å². The lowest BCUT2D eigenvalue weighted by Crippen LogP contribution is -3.27. The topological polar surface area (TPSA) is 65.4 Å². The number of nitrogens with zero attached hydrogens (tertiary/aromatic N) is 3. The highest BCUT2D eigenvalue weighted by atomic mass is 32.1. The molecule has 2 aromatic heterocycles. The lowest BCUT2D eigenvalue weighted by molar-refractivity contribution is -1.02. The van der Waals surface area contributed by atoms with Crippen LogP contribution in [0, 0.1) is 6.92 Å². The minimum atomic E-state index is -0.0889. The van der Waals surface area contributed by atoms with E-state index in [1.165, 1.54) is 37.9 Å². The molecule has 4 heterocycles. The summed E-state index contributed by atoms with van der Waals surface area (Å²) in [6.45, 7) is 9.19. The average molecular weight is 400 g/mol. The van der Waals surface area contributed by atoms with Crippen LogP contribution in [0.4, 0.5) is 0 Å². The molecule has 8 heteroatoms. The highest BCUT2D eigenvalue weighted by Crippen LogP contribution is 2.25. The van der Waals surface area contributed by atoms with Crippen LogP contribution in [0.15, 0.2) is 29.1 Å². The predicted molar refractivity (Wildman–Crippen MR) is 106 cm³/mol. The van der Waals surface area contributed by atoms with E-state index in [1.807, 2.05) is 6.92 Å². The third-order valence-electron chi connectivity index (χ3n) is 5.69. The van der Waals surface area contributed by atoms with Crippen molar-refractivity contribution in [2.75, 3.05) is 32.8 Å². The van der Waals surface area contributed by atoms with E-state index in [2.05, 4.69) is 28.3 Å². The number of quaternary nitrogens is 2. The van der Waals surface area contributed by atoms with E-state index >= 15 is 0 Å². The number of aromatic nitrogens is 3. The van der Waals surface area contributed by atoms with E-state index in [1.54, 1.807) is 4.90 Å². The van der Waals surface area contributed by atoms with Gasteiger partial charge in [0.1, 0.15) is 45.0 Å². The third-order valence-corrected chi connectivity index (χ3v) is 6.60. The van der Waals surface area contributed by atoms with Crippen LogP contribution in [-0.2, 0) is 19.5 Å². The molecule has 2 N–H and O–H groups in total. The van der Waals surface area contributed by atoms with E-state index in [-0.39, 0.29) is 5.56 Å². The van der Waals surface area contributed by atoms with Crippen molar-refractivity contribution in [1.29, 1.82) is 0 Å². The Labute approximate surface area is 167 Å². The summed E-state index contributed by atoms with van der Waals surface area (Å²) in [5.41, 5.74) is 3.43. The Bertz CT molecular complexity index is 1070. The van der Waals surface area contributed by atoms with Crippen molar-refractivity contribution < 1.29 is 14.5 Å². The Balaban J connectivity index is 1.19. The van der Waals surface area contributed by atoms with E-state index in [4.69, 9.17) is 4.74 Å². The summed E-state index contributed by atoms with van der Waals surface area (Å²) in [5, 5.41) is 5.48. The Morgan fingerprint density at radius 3 is 2.75 bits per heavy atom. The van der Waals surface area contributed by atoms with Gasteiger partial charge in [0.15, 0.2) is 5.01 Å². The largest absolute Gasteiger partial charge is 0.493 e. The summed E-state index contributed by atoms with van der Waals surface area (Å²) in [5.74, 6) is 1.06. The summed E-state index contributed by atoms with van der Waals surface area (Å²) in [4.78, 5) is 20.3. The summed E-state index contributed by atoms with van der Waals surface area (Å²) < 4.78 is 7.04. The molecule has 1 fully saturated rings. The molecule has 0 amide bonds. The van der Waals surface area contributed by atoms with Crippen molar-refractivity contribution in [3.05, 3.63) is 56.4 Å². The third kappa shape index (κ3) is 3.55. The molecule has 0 aliphatic carbocycles. The van der Waals surface area contributed by atoms with Crippen molar-refractivity contribution in [3.8, 4) is 5.75 Å². The summed E-state index contributed by atoms with van der Waals surface area (Å²) in [6.07, 6.45) is 1.04. The lowest BCUT2D eigenvalue weighted by atomic mass is 10.1. The smallest absolute Gasteiger partial charge is 0.275 e. The second-order valence-corrected chi connectivity index (χ2v) is 8.86. The number of fused-ring (bicyclic) bond motifs is 2. The van der Waals surface area contributed by atoms with E-state index in [9.17, 15) is 4.79 Å². The van der Waals surface area contributed by atoms with Crippen molar-refractivity contribution in [2.45, 2.75) is 26.4 Å². The van der Waals surface area contributed by atoms with E-state index < -0.39 is 0 Å². The van der Waals surface area contributed by atoms with Crippen LogP contribution in [-0.4, -0.2) is 47.4 Å². The molecular weight excluding hydrogens is 374 g/mol. The van der Waals surface area contributed by atoms with Crippen molar-refractivity contribution >= 4 is 16.3 Å². The maximum absolute atomic E-state index is 12.0. The molecule has 28 heavy (non-hydrogen) atoms. The maximum atomic E-state index is 12.0. The summed E-state index contributed by atoms with van der Waals surface area (Å²) in [6, 6.07) is 8.20. The fourth-order valence-electron chi connectivity index (χ4n) is 4.19. The minimum Gasteiger partial charge on any atom is -0.493 e. The lowest BCUT2D eigenvalue weighted by Gasteiger charge is -2.29. The first kappa shape index (κ1) is 17.8. The second kappa shape index (κ2) is 7.27. The van der Waals surface area contributed by atoms with Gasteiger partial charge in [0.2, 0.25) is 4.96 Å².